The van der Waals surface area contributed by atoms with E-state index < -0.39 is 38.6 Å². The highest BCUT2D eigenvalue weighted by Crippen LogP contribution is 2.36. The number of phosphoric ester groups is 1. The van der Waals surface area contributed by atoms with Gasteiger partial charge in [-0.2, -0.15) is 0 Å². The smallest absolute Gasteiger partial charge is 0.462 e. The van der Waals surface area contributed by atoms with Crippen molar-refractivity contribution in [3.8, 4) is 0 Å². The van der Waals surface area contributed by atoms with Crippen molar-refractivity contribution in [1.29, 1.82) is 0 Å². The number of hydrogen-bond donors (Lipinski definition) is 3. The standard InChI is InChI=1S/C41H69O9P/c1-3-5-7-8-9-10-11-12-13-14-15-16-17-20-23-26-30-34-40(43)48-36-39(37-49-51(45,46)47)50-41(44)35-31-27-24-21-18-19-22-25-29-33-38(42)32-28-6-4-2/h6,12-13,15-16,20,22-23,25,28-29,33,38-39,42H,3-5,7-11,14,17-19,21,24,26-27,30-32,34-37H2,1-2H3,(H2,45,46,47)/b13-12-,16-15-,23-20-,25-22+,28-6+,33-29+/t38?,39-/m1/s1. The Bertz CT molecular complexity index is 1070. The van der Waals surface area contributed by atoms with Crippen LogP contribution >= 0.6 is 7.82 Å². The number of allylic oxidation sites excluding steroid dienone is 10. The lowest BCUT2D eigenvalue weighted by Crippen LogP contribution is -2.29. The van der Waals surface area contributed by atoms with E-state index in [2.05, 4.69) is 54.8 Å². The summed E-state index contributed by atoms with van der Waals surface area (Å²) in [6.45, 7) is 3.38. The summed E-state index contributed by atoms with van der Waals surface area (Å²) in [7, 11) is -4.78. The Morgan fingerprint density at radius 3 is 1.84 bits per heavy atom. The first kappa shape index (κ1) is 48.5. The van der Waals surface area contributed by atoms with Crippen LogP contribution in [0.2, 0.25) is 0 Å². The summed E-state index contributed by atoms with van der Waals surface area (Å²) in [5.74, 6) is -1.01. The highest BCUT2D eigenvalue weighted by atomic mass is 31.2. The van der Waals surface area contributed by atoms with E-state index in [4.69, 9.17) is 19.3 Å². The molecule has 0 saturated heterocycles. The van der Waals surface area contributed by atoms with E-state index in [1.54, 1.807) is 6.08 Å². The van der Waals surface area contributed by atoms with Crippen molar-refractivity contribution in [3.63, 3.8) is 0 Å². The highest BCUT2D eigenvalue weighted by Gasteiger charge is 2.22. The van der Waals surface area contributed by atoms with E-state index in [0.717, 1.165) is 64.2 Å². The number of hydrogen-bond acceptors (Lipinski definition) is 7. The van der Waals surface area contributed by atoms with Crippen LogP contribution in [0.25, 0.3) is 0 Å². The summed E-state index contributed by atoms with van der Waals surface area (Å²) in [6.07, 6.45) is 42.4. The summed E-state index contributed by atoms with van der Waals surface area (Å²) in [5, 5.41) is 9.83. The molecule has 0 aliphatic heterocycles. The summed E-state index contributed by atoms with van der Waals surface area (Å²) in [6, 6.07) is 0. The number of unbranched alkanes of at least 4 members (excludes halogenated alkanes) is 12. The third kappa shape index (κ3) is 38.5. The van der Waals surface area contributed by atoms with E-state index in [9.17, 15) is 19.3 Å². The number of ether oxygens (including phenoxy) is 2. The number of carbonyl (C=O) groups is 2. The maximum absolute atomic E-state index is 12.4. The minimum absolute atomic E-state index is 0.151. The second-order valence-electron chi connectivity index (χ2n) is 12.7. The first-order chi connectivity index (χ1) is 24.7. The number of aliphatic hydroxyl groups is 1. The van der Waals surface area contributed by atoms with Gasteiger partial charge < -0.3 is 24.4 Å². The molecule has 0 bridgehead atoms. The van der Waals surface area contributed by atoms with Crippen molar-refractivity contribution in [2.75, 3.05) is 13.2 Å². The van der Waals surface area contributed by atoms with Gasteiger partial charge in [-0.15, -0.1) is 0 Å². The topological polar surface area (TPSA) is 140 Å². The van der Waals surface area contributed by atoms with E-state index >= 15 is 0 Å². The predicted molar refractivity (Wildman–Crippen MR) is 208 cm³/mol. The van der Waals surface area contributed by atoms with Crippen LogP contribution in [0.15, 0.2) is 72.9 Å². The zero-order valence-corrected chi connectivity index (χ0v) is 32.5. The number of aliphatic hydroxyl groups excluding tert-OH is 1. The van der Waals surface area contributed by atoms with Crippen LogP contribution in [0.3, 0.4) is 0 Å². The lowest BCUT2D eigenvalue weighted by Gasteiger charge is -2.18. The Labute approximate surface area is 309 Å². The molecule has 0 aromatic carbocycles. The van der Waals surface area contributed by atoms with Crippen LogP contribution in [0.1, 0.15) is 149 Å². The van der Waals surface area contributed by atoms with Gasteiger partial charge >= 0.3 is 19.8 Å². The predicted octanol–water partition coefficient (Wildman–Crippen LogP) is 10.5. The maximum atomic E-state index is 12.4. The van der Waals surface area contributed by atoms with Crippen molar-refractivity contribution in [2.24, 2.45) is 0 Å². The molecule has 0 aromatic rings. The van der Waals surface area contributed by atoms with Crippen molar-refractivity contribution in [2.45, 2.75) is 161 Å². The van der Waals surface area contributed by atoms with Gasteiger partial charge in [-0.1, -0.05) is 138 Å². The lowest BCUT2D eigenvalue weighted by atomic mass is 10.1. The summed E-state index contributed by atoms with van der Waals surface area (Å²) < 4.78 is 26.2. The Hall–Kier alpha value is -2.55. The molecular weight excluding hydrogens is 667 g/mol. The molecule has 0 fully saturated rings. The fraction of sp³-hybridized carbons (Fsp3) is 0.659. The van der Waals surface area contributed by atoms with Gasteiger partial charge in [0, 0.05) is 12.8 Å². The van der Waals surface area contributed by atoms with Crippen molar-refractivity contribution in [3.05, 3.63) is 72.9 Å². The van der Waals surface area contributed by atoms with Gasteiger partial charge in [-0.05, 0) is 70.6 Å². The molecule has 0 radical (unpaired) electrons. The Kier molecular flexibility index (Phi) is 34.0. The fourth-order valence-corrected chi connectivity index (χ4v) is 5.25. The molecule has 51 heavy (non-hydrogen) atoms. The minimum Gasteiger partial charge on any atom is -0.462 e. The van der Waals surface area contributed by atoms with Gasteiger partial charge in [0.05, 0.1) is 12.7 Å². The first-order valence-electron chi connectivity index (χ1n) is 19.3. The molecule has 292 valence electrons. The molecule has 0 heterocycles. The maximum Gasteiger partial charge on any atom is 0.469 e. The zero-order chi connectivity index (χ0) is 37.7. The van der Waals surface area contributed by atoms with Gasteiger partial charge in [-0.25, -0.2) is 4.57 Å². The molecule has 1 unspecified atom stereocenters. The molecule has 0 aliphatic carbocycles. The van der Waals surface area contributed by atoms with Gasteiger partial charge in [0.15, 0.2) is 6.10 Å². The van der Waals surface area contributed by atoms with E-state index in [-0.39, 0.29) is 19.4 Å². The largest absolute Gasteiger partial charge is 0.469 e. The molecule has 3 N–H and O–H groups in total. The van der Waals surface area contributed by atoms with Gasteiger partial charge in [0.25, 0.3) is 0 Å². The van der Waals surface area contributed by atoms with Crippen LogP contribution in [-0.2, 0) is 28.2 Å². The van der Waals surface area contributed by atoms with Crippen LogP contribution < -0.4 is 0 Å². The second kappa shape index (κ2) is 35.8. The molecule has 9 nitrogen and oxygen atoms in total. The van der Waals surface area contributed by atoms with Gasteiger partial charge in [0.2, 0.25) is 0 Å². The summed E-state index contributed by atoms with van der Waals surface area (Å²) >= 11 is 0. The first-order valence-corrected chi connectivity index (χ1v) is 20.9. The van der Waals surface area contributed by atoms with E-state index in [1.165, 1.54) is 38.5 Å². The third-order valence-corrected chi connectivity index (χ3v) is 8.27. The second-order valence-corrected chi connectivity index (χ2v) is 14.0. The fourth-order valence-electron chi connectivity index (χ4n) is 4.89. The molecule has 0 aliphatic rings. The molecule has 0 rings (SSSR count). The molecule has 10 heteroatoms. The quantitative estimate of drug-likeness (QED) is 0.0194. The molecule has 0 amide bonds. The van der Waals surface area contributed by atoms with E-state index in [1.807, 2.05) is 30.4 Å². The van der Waals surface area contributed by atoms with Crippen molar-refractivity contribution >= 4 is 19.8 Å². The van der Waals surface area contributed by atoms with Crippen LogP contribution in [0.4, 0.5) is 0 Å². The Morgan fingerprint density at radius 2 is 1.20 bits per heavy atom. The Balaban J connectivity index is 4.13. The number of phosphoric acid groups is 1. The molecule has 2 atom stereocenters. The number of rotatable bonds is 34. The lowest BCUT2D eigenvalue weighted by molar-refractivity contribution is -0.161. The normalized spacial score (nSPS) is 13.9. The highest BCUT2D eigenvalue weighted by molar-refractivity contribution is 7.46. The molecule has 0 aromatic heterocycles. The SMILES string of the molecule is CC/C=C/CC(O)/C=C/C=C/CCCCCCCC(=O)O[C@H](COC(=O)CCC/C=C\C/C=C\C/C=C\CCCCCCCC)COP(=O)(O)O. The zero-order valence-electron chi connectivity index (χ0n) is 31.6. The van der Waals surface area contributed by atoms with Crippen molar-refractivity contribution < 1.29 is 43.0 Å². The molecule has 0 spiro atoms. The molecular formula is C41H69O9P. The minimum atomic E-state index is -4.78. The van der Waals surface area contributed by atoms with Gasteiger partial charge in [0.1, 0.15) is 6.61 Å². The van der Waals surface area contributed by atoms with E-state index in [0.29, 0.717) is 19.3 Å². The number of carbonyl (C=O) groups excluding carboxylic acids is 2. The Morgan fingerprint density at radius 1 is 0.627 bits per heavy atom. The summed E-state index contributed by atoms with van der Waals surface area (Å²) in [4.78, 5) is 42.7. The average molecular weight is 737 g/mol. The third-order valence-electron chi connectivity index (χ3n) is 7.79. The van der Waals surface area contributed by atoms with Crippen LogP contribution in [0, 0.1) is 0 Å². The average Bonchev–Trinajstić information content (AvgIpc) is 3.09. The molecule has 0 saturated carbocycles. The number of esters is 2. The van der Waals surface area contributed by atoms with Crippen molar-refractivity contribution in [1.82, 2.24) is 0 Å². The van der Waals surface area contributed by atoms with Gasteiger partial charge in [-0.3, -0.25) is 14.1 Å². The monoisotopic (exact) mass is 736 g/mol. The van der Waals surface area contributed by atoms with Crippen LogP contribution in [-0.4, -0.2) is 52.3 Å². The van der Waals surface area contributed by atoms with Crippen LogP contribution in [0.5, 0.6) is 0 Å². The summed E-state index contributed by atoms with van der Waals surface area (Å²) in [5.41, 5.74) is 0.